The average Bonchev–Trinajstić information content (AvgIpc) is 3.02. The number of alkyl halides is 3. The Morgan fingerprint density at radius 1 is 1.19 bits per heavy atom. The van der Waals surface area contributed by atoms with Crippen molar-refractivity contribution in [3.63, 3.8) is 0 Å². The number of halogens is 3. The van der Waals surface area contributed by atoms with Gasteiger partial charge in [0.1, 0.15) is 0 Å². The number of rotatable bonds is 6. The monoisotopic (exact) mass is 398 g/mol. The summed E-state index contributed by atoms with van der Waals surface area (Å²) in [5, 5.41) is 13.1. The van der Waals surface area contributed by atoms with Crippen molar-refractivity contribution in [2.45, 2.75) is 75.1 Å². The smallest absolute Gasteiger partial charge is 0.378 e. The van der Waals surface area contributed by atoms with E-state index in [4.69, 9.17) is 0 Å². The SMILES string of the molecule is CC(C)Sc1nnc(CNc2cccc(C(F)(F)F)c2)n1C1CCCCC1. The molecule has 1 fully saturated rings. The van der Waals surface area contributed by atoms with Crippen LogP contribution in [0.5, 0.6) is 0 Å². The molecule has 0 bridgehead atoms. The third-order valence-corrected chi connectivity index (χ3v) is 5.62. The summed E-state index contributed by atoms with van der Waals surface area (Å²) in [5.41, 5.74) is -0.224. The predicted octanol–water partition coefficient (Wildman–Crippen LogP) is 5.91. The first-order valence-corrected chi connectivity index (χ1v) is 10.2. The lowest BCUT2D eigenvalue weighted by Crippen LogP contribution is -2.18. The van der Waals surface area contributed by atoms with Crippen molar-refractivity contribution < 1.29 is 13.2 Å². The Bertz CT molecular complexity index is 752. The Morgan fingerprint density at radius 3 is 2.59 bits per heavy atom. The molecule has 1 aliphatic rings. The Morgan fingerprint density at radius 2 is 1.93 bits per heavy atom. The molecule has 1 N–H and O–H groups in total. The Hall–Kier alpha value is -1.70. The van der Waals surface area contributed by atoms with Gasteiger partial charge in [0.05, 0.1) is 12.1 Å². The second-order valence-corrected chi connectivity index (χ2v) is 8.70. The van der Waals surface area contributed by atoms with Crippen molar-refractivity contribution in [1.82, 2.24) is 14.8 Å². The van der Waals surface area contributed by atoms with Crippen molar-refractivity contribution in [3.8, 4) is 0 Å². The summed E-state index contributed by atoms with van der Waals surface area (Å²) in [5.74, 6) is 0.780. The van der Waals surface area contributed by atoms with E-state index in [1.807, 2.05) is 0 Å². The fraction of sp³-hybridized carbons (Fsp3) is 0.579. The summed E-state index contributed by atoms with van der Waals surface area (Å²) in [7, 11) is 0. The maximum atomic E-state index is 12.9. The molecule has 148 valence electrons. The van der Waals surface area contributed by atoms with E-state index in [0.29, 0.717) is 23.5 Å². The maximum Gasteiger partial charge on any atom is 0.416 e. The molecule has 2 aromatic rings. The second kappa shape index (κ2) is 8.54. The molecule has 0 amide bonds. The first kappa shape index (κ1) is 20.0. The highest BCUT2D eigenvalue weighted by molar-refractivity contribution is 7.99. The summed E-state index contributed by atoms with van der Waals surface area (Å²) < 4.78 is 40.9. The van der Waals surface area contributed by atoms with Crippen molar-refractivity contribution >= 4 is 17.4 Å². The van der Waals surface area contributed by atoms with Gasteiger partial charge in [0, 0.05) is 17.0 Å². The zero-order valence-electron chi connectivity index (χ0n) is 15.6. The highest BCUT2D eigenvalue weighted by atomic mass is 32.2. The fourth-order valence-electron chi connectivity index (χ4n) is 3.41. The molecular formula is C19H25F3N4S. The van der Waals surface area contributed by atoms with Gasteiger partial charge in [-0.05, 0) is 31.0 Å². The largest absolute Gasteiger partial charge is 0.416 e. The number of thioether (sulfide) groups is 1. The summed E-state index contributed by atoms with van der Waals surface area (Å²) in [6, 6.07) is 5.63. The fourth-order valence-corrected chi connectivity index (χ4v) is 4.29. The van der Waals surface area contributed by atoms with E-state index in [9.17, 15) is 13.2 Å². The molecule has 1 heterocycles. The minimum atomic E-state index is -4.35. The van der Waals surface area contributed by atoms with Crippen molar-refractivity contribution in [3.05, 3.63) is 35.7 Å². The summed E-state index contributed by atoms with van der Waals surface area (Å²) in [6.07, 6.45) is 1.48. The molecular weight excluding hydrogens is 373 g/mol. The third kappa shape index (κ3) is 5.18. The molecule has 1 aromatic heterocycles. The number of anilines is 1. The van der Waals surface area contributed by atoms with E-state index >= 15 is 0 Å². The van der Waals surface area contributed by atoms with Crippen LogP contribution in [0.1, 0.15) is 63.4 Å². The van der Waals surface area contributed by atoms with E-state index in [1.165, 1.54) is 25.3 Å². The first-order valence-electron chi connectivity index (χ1n) is 9.36. The molecule has 1 saturated carbocycles. The summed E-state index contributed by atoms with van der Waals surface area (Å²) in [6.45, 7) is 4.58. The van der Waals surface area contributed by atoms with Gasteiger partial charge >= 0.3 is 6.18 Å². The van der Waals surface area contributed by atoms with Crippen LogP contribution in [-0.2, 0) is 12.7 Å². The molecule has 0 aliphatic heterocycles. The lowest BCUT2D eigenvalue weighted by molar-refractivity contribution is -0.137. The summed E-state index contributed by atoms with van der Waals surface area (Å²) >= 11 is 1.68. The van der Waals surface area contributed by atoms with Crippen molar-refractivity contribution in [1.29, 1.82) is 0 Å². The molecule has 4 nitrogen and oxygen atoms in total. The number of benzene rings is 1. The van der Waals surface area contributed by atoms with Crippen LogP contribution in [0.15, 0.2) is 29.4 Å². The summed E-state index contributed by atoms with van der Waals surface area (Å²) in [4.78, 5) is 0. The third-order valence-electron chi connectivity index (χ3n) is 4.66. The van der Waals surface area contributed by atoms with E-state index < -0.39 is 11.7 Å². The maximum absolute atomic E-state index is 12.9. The van der Waals surface area contributed by atoms with E-state index in [-0.39, 0.29) is 0 Å². The number of aromatic nitrogens is 3. The molecule has 3 rings (SSSR count). The van der Waals surface area contributed by atoms with Crippen LogP contribution < -0.4 is 5.32 Å². The standard InChI is InChI=1S/C19H25F3N4S/c1-13(2)27-18-25-24-17(26(18)16-9-4-3-5-10-16)12-23-15-8-6-7-14(11-15)19(20,21)22/h6-8,11,13,16,23H,3-5,9-10,12H2,1-2H3. The van der Waals surface area contributed by atoms with Crippen LogP contribution in [0.2, 0.25) is 0 Å². The lowest BCUT2D eigenvalue weighted by atomic mass is 9.95. The zero-order valence-corrected chi connectivity index (χ0v) is 16.4. The predicted molar refractivity (Wildman–Crippen MR) is 102 cm³/mol. The quantitative estimate of drug-likeness (QED) is 0.614. The van der Waals surface area contributed by atoms with Gasteiger partial charge in [0.15, 0.2) is 11.0 Å². The minimum absolute atomic E-state index is 0.351. The molecule has 1 aromatic carbocycles. The van der Waals surface area contributed by atoms with Gasteiger partial charge in [-0.3, -0.25) is 0 Å². The van der Waals surface area contributed by atoms with Crippen LogP contribution >= 0.6 is 11.8 Å². The topological polar surface area (TPSA) is 42.7 Å². The molecule has 0 unspecified atom stereocenters. The Labute approximate surface area is 161 Å². The van der Waals surface area contributed by atoms with Crippen LogP contribution in [0, 0.1) is 0 Å². The number of hydrogen-bond acceptors (Lipinski definition) is 4. The number of nitrogens with zero attached hydrogens (tertiary/aromatic N) is 3. The van der Waals surface area contributed by atoms with Gasteiger partial charge < -0.3 is 9.88 Å². The van der Waals surface area contributed by atoms with Gasteiger partial charge in [-0.1, -0.05) is 50.9 Å². The lowest BCUT2D eigenvalue weighted by Gasteiger charge is -2.26. The molecule has 27 heavy (non-hydrogen) atoms. The number of nitrogens with one attached hydrogen (secondary N) is 1. The van der Waals surface area contributed by atoms with Crippen molar-refractivity contribution in [2.24, 2.45) is 0 Å². The molecule has 8 heteroatoms. The second-order valence-electron chi connectivity index (χ2n) is 7.16. The number of hydrogen-bond donors (Lipinski definition) is 1. The van der Waals surface area contributed by atoms with Crippen LogP contribution in [0.3, 0.4) is 0 Å². The normalized spacial score (nSPS) is 16.1. The zero-order chi connectivity index (χ0) is 19.4. The molecule has 0 radical (unpaired) electrons. The van der Waals surface area contributed by atoms with E-state index in [2.05, 4.69) is 33.9 Å². The minimum Gasteiger partial charge on any atom is -0.378 e. The van der Waals surface area contributed by atoms with Gasteiger partial charge in [-0.15, -0.1) is 10.2 Å². The van der Waals surface area contributed by atoms with Crippen LogP contribution in [-0.4, -0.2) is 20.0 Å². The molecule has 0 spiro atoms. The highest BCUT2D eigenvalue weighted by Gasteiger charge is 2.30. The molecule has 0 saturated heterocycles. The molecule has 1 aliphatic carbocycles. The molecule has 0 atom stereocenters. The van der Waals surface area contributed by atoms with Crippen molar-refractivity contribution in [2.75, 3.05) is 5.32 Å². The van der Waals surface area contributed by atoms with Gasteiger partial charge in [0.25, 0.3) is 0 Å². The Kier molecular flexibility index (Phi) is 6.34. The van der Waals surface area contributed by atoms with Crippen LogP contribution in [0.25, 0.3) is 0 Å². The first-order chi connectivity index (χ1) is 12.8. The van der Waals surface area contributed by atoms with Gasteiger partial charge in [0.2, 0.25) is 0 Å². The Balaban J connectivity index is 1.79. The van der Waals surface area contributed by atoms with E-state index in [1.54, 1.807) is 17.8 Å². The van der Waals surface area contributed by atoms with E-state index in [0.717, 1.165) is 36.0 Å². The van der Waals surface area contributed by atoms with Crippen LogP contribution in [0.4, 0.5) is 18.9 Å². The highest BCUT2D eigenvalue weighted by Crippen LogP contribution is 2.34. The van der Waals surface area contributed by atoms with Gasteiger partial charge in [-0.25, -0.2) is 0 Å². The van der Waals surface area contributed by atoms with Gasteiger partial charge in [-0.2, -0.15) is 13.2 Å². The average molecular weight is 398 g/mol.